The summed E-state index contributed by atoms with van der Waals surface area (Å²) in [5.41, 5.74) is -2.94. The average molecular weight is 556 g/mol. The van der Waals surface area contributed by atoms with Crippen LogP contribution in [0.3, 0.4) is 0 Å². The summed E-state index contributed by atoms with van der Waals surface area (Å²) in [5.74, 6) is 4.90. The first-order valence-electron chi connectivity index (χ1n) is 11.4. The van der Waals surface area contributed by atoms with E-state index in [4.69, 9.17) is 24.4 Å². The molecule has 4 rings (SSSR count). The third-order valence-corrected chi connectivity index (χ3v) is 5.97. The summed E-state index contributed by atoms with van der Waals surface area (Å²) >= 11 is 0. The van der Waals surface area contributed by atoms with E-state index in [1.165, 1.54) is 14.0 Å². The zero-order valence-electron chi connectivity index (χ0n) is 20.6. The molecule has 2 aromatic heterocycles. The summed E-state index contributed by atoms with van der Waals surface area (Å²) in [6.07, 6.45) is -7.69. The van der Waals surface area contributed by atoms with Crippen LogP contribution in [0, 0.1) is 11.8 Å². The Kier molecular flexibility index (Phi) is 9.60. The van der Waals surface area contributed by atoms with E-state index in [9.17, 15) is 39.6 Å². The molecule has 17 heteroatoms. The van der Waals surface area contributed by atoms with Crippen molar-refractivity contribution in [3.63, 3.8) is 0 Å². The maximum atomic E-state index is 11.8. The summed E-state index contributed by atoms with van der Waals surface area (Å²) in [4.78, 5) is 50.3. The van der Waals surface area contributed by atoms with E-state index >= 15 is 0 Å². The highest BCUT2D eigenvalue weighted by Gasteiger charge is 2.44. The fourth-order valence-electron chi connectivity index (χ4n) is 3.92. The molecular formula is C22H28N4O13. The lowest BCUT2D eigenvalue weighted by molar-refractivity contribution is -0.0552. The standard InChI is InChI=1S/C12H14N2O6.C10H14N2O7/c1-2-3-6-4-14(12(19)13-10(6)18)11-9(17)8(16)7(5-15)20-11;1-18-4-2-12(10(17)11-8(4)16)9-7(15)6(14)5(3-13)19-9/h4,7-9,11,15-17H,5H2,1H3,(H,13,18,19);2,5-7,9,13-15H,3H2,1H3,(H,11,16,17)/t7-,8-,9-,11-;5-,6-,7-,9-/m11/s1. The van der Waals surface area contributed by atoms with Crippen molar-refractivity contribution >= 4 is 0 Å². The number of aromatic nitrogens is 4. The van der Waals surface area contributed by atoms with E-state index in [1.807, 2.05) is 4.98 Å². The van der Waals surface area contributed by atoms with Gasteiger partial charge in [-0.2, -0.15) is 0 Å². The fraction of sp³-hybridized carbons (Fsp3) is 0.545. The van der Waals surface area contributed by atoms with E-state index in [-0.39, 0.29) is 11.3 Å². The van der Waals surface area contributed by atoms with Gasteiger partial charge in [-0.3, -0.25) is 28.7 Å². The zero-order valence-corrected chi connectivity index (χ0v) is 20.6. The summed E-state index contributed by atoms with van der Waals surface area (Å²) in [5, 5.41) is 56.9. The van der Waals surface area contributed by atoms with Crippen molar-refractivity contribution in [2.75, 3.05) is 20.3 Å². The van der Waals surface area contributed by atoms with Crippen molar-refractivity contribution in [2.24, 2.45) is 0 Å². The number of hydrogen-bond donors (Lipinski definition) is 8. The molecule has 0 radical (unpaired) electrons. The Hall–Kier alpha value is -3.60. The summed E-state index contributed by atoms with van der Waals surface area (Å²) < 4.78 is 17.0. The fourth-order valence-corrected chi connectivity index (χ4v) is 3.92. The van der Waals surface area contributed by atoms with Crippen molar-refractivity contribution in [1.82, 2.24) is 19.1 Å². The number of ether oxygens (including phenoxy) is 3. The molecular weight excluding hydrogens is 528 g/mol. The number of nitrogens with one attached hydrogen (secondary N) is 2. The summed E-state index contributed by atoms with van der Waals surface area (Å²) in [6.45, 7) is 0.514. The van der Waals surface area contributed by atoms with E-state index in [1.54, 1.807) is 0 Å². The predicted octanol–water partition coefficient (Wildman–Crippen LogP) is -5.32. The second-order valence-corrected chi connectivity index (χ2v) is 8.41. The zero-order chi connectivity index (χ0) is 29.0. The van der Waals surface area contributed by atoms with Crippen molar-refractivity contribution in [3.05, 3.63) is 59.6 Å². The Morgan fingerprint density at radius 1 is 0.821 bits per heavy atom. The Labute approximate surface area is 218 Å². The minimum absolute atomic E-state index is 0.0323. The van der Waals surface area contributed by atoms with E-state index < -0.39 is 84.8 Å². The van der Waals surface area contributed by atoms with Gasteiger partial charge in [-0.05, 0) is 6.92 Å². The highest BCUT2D eigenvalue weighted by atomic mass is 16.6. The van der Waals surface area contributed by atoms with Crippen LogP contribution in [0.1, 0.15) is 24.9 Å². The van der Waals surface area contributed by atoms with Gasteiger partial charge in [0.05, 0.1) is 26.5 Å². The second kappa shape index (κ2) is 12.5. The second-order valence-electron chi connectivity index (χ2n) is 8.41. The van der Waals surface area contributed by atoms with Gasteiger partial charge in [0.1, 0.15) is 42.2 Å². The number of aliphatic hydroxyl groups is 6. The summed E-state index contributed by atoms with van der Waals surface area (Å²) in [6, 6.07) is 0. The minimum atomic E-state index is -1.41. The van der Waals surface area contributed by atoms with E-state index in [2.05, 4.69) is 16.8 Å². The molecule has 2 aliphatic rings. The van der Waals surface area contributed by atoms with Crippen LogP contribution in [-0.4, -0.2) is 107 Å². The number of nitrogens with zero attached hydrogens (tertiary/aromatic N) is 2. The van der Waals surface area contributed by atoms with Crippen LogP contribution in [0.15, 0.2) is 31.6 Å². The van der Waals surface area contributed by atoms with Gasteiger partial charge in [0, 0.05) is 6.20 Å². The normalized spacial score (nSPS) is 29.7. The third kappa shape index (κ3) is 6.03. The van der Waals surface area contributed by atoms with Gasteiger partial charge >= 0.3 is 11.4 Å². The Morgan fingerprint density at radius 3 is 1.69 bits per heavy atom. The van der Waals surface area contributed by atoms with Crippen molar-refractivity contribution < 1.29 is 44.8 Å². The van der Waals surface area contributed by atoms with Crippen LogP contribution in [0.25, 0.3) is 0 Å². The Morgan fingerprint density at radius 2 is 1.28 bits per heavy atom. The van der Waals surface area contributed by atoms with Crippen LogP contribution >= 0.6 is 0 Å². The smallest absolute Gasteiger partial charge is 0.330 e. The first-order chi connectivity index (χ1) is 18.5. The monoisotopic (exact) mass is 556 g/mol. The molecule has 8 atom stereocenters. The highest BCUT2D eigenvalue weighted by Crippen LogP contribution is 2.29. The number of methoxy groups -OCH3 is 1. The average Bonchev–Trinajstić information content (AvgIpc) is 3.36. The first kappa shape index (κ1) is 29.9. The van der Waals surface area contributed by atoms with Crippen LogP contribution < -0.4 is 27.2 Å². The topological polar surface area (TPSA) is 259 Å². The minimum Gasteiger partial charge on any atom is -0.490 e. The third-order valence-electron chi connectivity index (χ3n) is 5.97. The molecule has 2 aromatic rings. The Balaban J connectivity index is 0.000000216. The molecule has 0 saturated carbocycles. The highest BCUT2D eigenvalue weighted by molar-refractivity contribution is 5.29. The Bertz CT molecular complexity index is 1450. The van der Waals surface area contributed by atoms with Gasteiger partial charge in [0.25, 0.3) is 11.1 Å². The maximum Gasteiger partial charge on any atom is 0.330 e. The molecule has 2 aliphatic heterocycles. The quantitative estimate of drug-likeness (QED) is 0.160. The van der Waals surface area contributed by atoms with Crippen LogP contribution in [-0.2, 0) is 9.47 Å². The molecule has 17 nitrogen and oxygen atoms in total. The SMILES string of the molecule is CC#Cc1cn([C@@H]2O[C@H](CO)[C@@H](O)[C@H]2O)c(=O)[nH]c1=O.COc1cn([C@@H]2O[C@H](CO)[C@@H](O)[C@H]2O)c(=O)[nH]c1=O. The lowest BCUT2D eigenvalue weighted by atomic mass is 10.1. The van der Waals surface area contributed by atoms with Crippen molar-refractivity contribution in [2.45, 2.75) is 56.0 Å². The maximum absolute atomic E-state index is 11.8. The molecule has 0 aliphatic carbocycles. The molecule has 2 fully saturated rings. The molecule has 0 aromatic carbocycles. The molecule has 0 bridgehead atoms. The number of rotatable bonds is 5. The first-order valence-corrected chi connectivity index (χ1v) is 11.4. The van der Waals surface area contributed by atoms with Crippen molar-refractivity contribution in [3.8, 4) is 17.6 Å². The van der Waals surface area contributed by atoms with Gasteiger partial charge in [0.15, 0.2) is 12.5 Å². The number of hydrogen-bond acceptors (Lipinski definition) is 13. The van der Waals surface area contributed by atoms with Gasteiger partial charge < -0.3 is 44.8 Å². The number of aromatic amines is 2. The van der Waals surface area contributed by atoms with Gasteiger partial charge in [-0.1, -0.05) is 5.92 Å². The van der Waals surface area contributed by atoms with Crippen LogP contribution in [0.2, 0.25) is 0 Å². The van der Waals surface area contributed by atoms with E-state index in [0.717, 1.165) is 21.5 Å². The molecule has 2 saturated heterocycles. The largest absolute Gasteiger partial charge is 0.490 e. The van der Waals surface area contributed by atoms with Gasteiger partial charge in [0.2, 0.25) is 5.75 Å². The lowest BCUT2D eigenvalue weighted by Crippen LogP contribution is -2.38. The number of H-pyrrole nitrogens is 2. The molecule has 0 unspecified atom stereocenters. The lowest BCUT2D eigenvalue weighted by Gasteiger charge is -2.17. The van der Waals surface area contributed by atoms with Crippen molar-refractivity contribution in [1.29, 1.82) is 0 Å². The molecule has 214 valence electrons. The molecule has 0 amide bonds. The predicted molar refractivity (Wildman–Crippen MR) is 128 cm³/mol. The molecule has 4 heterocycles. The summed E-state index contributed by atoms with van der Waals surface area (Å²) in [7, 11) is 1.25. The number of aliphatic hydroxyl groups excluding tert-OH is 6. The molecule has 0 spiro atoms. The van der Waals surface area contributed by atoms with Gasteiger partial charge in [-0.15, -0.1) is 5.92 Å². The molecule has 39 heavy (non-hydrogen) atoms. The molecule has 8 N–H and O–H groups in total. The van der Waals surface area contributed by atoms with Crippen LogP contribution in [0.4, 0.5) is 0 Å². The van der Waals surface area contributed by atoms with Gasteiger partial charge in [-0.25, -0.2) is 9.59 Å². The van der Waals surface area contributed by atoms with E-state index in [0.29, 0.717) is 0 Å². The van der Waals surface area contributed by atoms with Crippen LogP contribution in [0.5, 0.6) is 5.75 Å².